The van der Waals surface area contributed by atoms with Gasteiger partial charge in [0.05, 0.1) is 11.4 Å². The van der Waals surface area contributed by atoms with Crippen molar-refractivity contribution in [3.05, 3.63) is 0 Å². The molecule has 3 rings (SSSR count). The van der Waals surface area contributed by atoms with E-state index in [1.807, 2.05) is 0 Å². The van der Waals surface area contributed by atoms with E-state index in [4.69, 9.17) is 0 Å². The quantitative estimate of drug-likeness (QED) is 0.855. The summed E-state index contributed by atoms with van der Waals surface area (Å²) in [4.78, 5) is 0. The molecule has 1 N–H and O–H groups in total. The molecular weight excluding hydrogens is 248 g/mol. The van der Waals surface area contributed by atoms with Crippen molar-refractivity contribution in [2.45, 2.75) is 56.3 Å². The molecule has 3 aliphatic rings. The first-order chi connectivity index (χ1) is 8.48. The van der Waals surface area contributed by atoms with E-state index in [-0.39, 0.29) is 17.3 Å². The molecule has 3 aliphatic carbocycles. The Kier molecular flexibility index (Phi) is 3.22. The van der Waals surface area contributed by atoms with Gasteiger partial charge in [0.2, 0.25) is 0 Å². The van der Waals surface area contributed by atoms with E-state index in [2.05, 4.69) is 0 Å². The highest BCUT2D eigenvalue weighted by molar-refractivity contribution is 7.91. The van der Waals surface area contributed by atoms with Crippen molar-refractivity contribution >= 4 is 9.84 Å². The molecule has 0 aromatic carbocycles. The van der Waals surface area contributed by atoms with Gasteiger partial charge in [-0.05, 0) is 55.8 Å². The number of fused-ring (bicyclic) bond motifs is 1. The third kappa shape index (κ3) is 2.22. The molecule has 5 atom stereocenters. The number of hydrogen-bond acceptors (Lipinski definition) is 3. The lowest BCUT2D eigenvalue weighted by Gasteiger charge is -2.32. The van der Waals surface area contributed by atoms with Gasteiger partial charge in [0.1, 0.15) is 9.84 Å². The predicted molar refractivity (Wildman–Crippen MR) is 70.9 cm³/mol. The van der Waals surface area contributed by atoms with Gasteiger partial charge in [-0.25, -0.2) is 8.42 Å². The van der Waals surface area contributed by atoms with Crippen LogP contribution in [0.3, 0.4) is 0 Å². The summed E-state index contributed by atoms with van der Waals surface area (Å²) in [6.45, 7) is 0. The minimum atomic E-state index is -2.93. The van der Waals surface area contributed by atoms with Crippen LogP contribution < -0.4 is 0 Å². The Morgan fingerprint density at radius 2 is 1.67 bits per heavy atom. The first-order valence-corrected chi connectivity index (χ1v) is 9.31. The summed E-state index contributed by atoms with van der Waals surface area (Å²) in [6, 6.07) is 0. The first-order valence-electron chi connectivity index (χ1n) is 7.35. The summed E-state index contributed by atoms with van der Waals surface area (Å²) in [5.41, 5.74) is 0. The standard InChI is InChI=1S/C14H24O3S/c1-18(16,17)10-5-2-4-9(8-10)14(15)13-11-6-3-7-12(11)13/h9-15H,2-8H2,1H3. The van der Waals surface area contributed by atoms with Gasteiger partial charge in [-0.1, -0.05) is 12.8 Å². The van der Waals surface area contributed by atoms with Crippen molar-refractivity contribution in [2.24, 2.45) is 23.7 Å². The Labute approximate surface area is 110 Å². The van der Waals surface area contributed by atoms with Gasteiger partial charge >= 0.3 is 0 Å². The molecule has 5 unspecified atom stereocenters. The van der Waals surface area contributed by atoms with Gasteiger partial charge < -0.3 is 5.11 Å². The molecule has 0 spiro atoms. The largest absolute Gasteiger partial charge is 0.393 e. The van der Waals surface area contributed by atoms with E-state index in [9.17, 15) is 13.5 Å². The Bertz CT molecular complexity index is 407. The minimum absolute atomic E-state index is 0.204. The van der Waals surface area contributed by atoms with Crippen LogP contribution in [-0.4, -0.2) is 31.1 Å². The average Bonchev–Trinajstić information content (AvgIpc) is 2.80. The molecule has 0 amide bonds. The van der Waals surface area contributed by atoms with Crippen LogP contribution in [0.2, 0.25) is 0 Å². The Balaban J connectivity index is 1.62. The van der Waals surface area contributed by atoms with Crippen LogP contribution in [0.4, 0.5) is 0 Å². The fourth-order valence-electron chi connectivity index (χ4n) is 4.58. The summed E-state index contributed by atoms with van der Waals surface area (Å²) in [5.74, 6) is 2.26. The molecule has 3 saturated carbocycles. The SMILES string of the molecule is CS(=O)(=O)C1CCCC(C(O)C2C3CCCC32)C1. The van der Waals surface area contributed by atoms with Crippen LogP contribution in [0, 0.1) is 23.7 Å². The van der Waals surface area contributed by atoms with Gasteiger partial charge in [-0.3, -0.25) is 0 Å². The molecule has 0 bridgehead atoms. The number of hydrogen-bond donors (Lipinski definition) is 1. The fraction of sp³-hybridized carbons (Fsp3) is 1.00. The molecule has 0 heterocycles. The number of aliphatic hydroxyl groups excluding tert-OH is 1. The molecule has 3 fully saturated rings. The Hall–Kier alpha value is -0.0900. The van der Waals surface area contributed by atoms with Gasteiger partial charge in [-0.2, -0.15) is 0 Å². The molecule has 0 aliphatic heterocycles. The lowest BCUT2D eigenvalue weighted by atomic mass is 9.82. The van der Waals surface area contributed by atoms with Crippen LogP contribution in [0.25, 0.3) is 0 Å². The third-order valence-electron chi connectivity index (χ3n) is 5.62. The first kappa shape index (κ1) is 12.9. The molecule has 0 aromatic heterocycles. The van der Waals surface area contributed by atoms with Crippen molar-refractivity contribution in [1.82, 2.24) is 0 Å². The number of aliphatic hydroxyl groups is 1. The maximum absolute atomic E-state index is 11.7. The molecule has 104 valence electrons. The molecular formula is C14H24O3S. The third-order valence-corrected chi connectivity index (χ3v) is 7.26. The van der Waals surface area contributed by atoms with E-state index in [1.165, 1.54) is 25.5 Å². The van der Waals surface area contributed by atoms with Crippen molar-refractivity contribution < 1.29 is 13.5 Å². The Morgan fingerprint density at radius 1 is 1.06 bits per heavy atom. The second-order valence-electron chi connectivity index (χ2n) is 6.70. The minimum Gasteiger partial charge on any atom is -0.393 e. The normalized spacial score (nSPS) is 45.6. The zero-order valence-electron chi connectivity index (χ0n) is 11.1. The van der Waals surface area contributed by atoms with Gasteiger partial charge in [0.25, 0.3) is 0 Å². The van der Waals surface area contributed by atoms with E-state index in [0.29, 0.717) is 12.3 Å². The molecule has 0 radical (unpaired) electrons. The van der Waals surface area contributed by atoms with Gasteiger partial charge in [0, 0.05) is 6.26 Å². The van der Waals surface area contributed by atoms with Crippen LogP contribution in [-0.2, 0) is 9.84 Å². The monoisotopic (exact) mass is 272 g/mol. The predicted octanol–water partition coefficient (Wildman–Crippen LogP) is 2.00. The molecule has 4 heteroatoms. The van der Waals surface area contributed by atoms with Crippen molar-refractivity contribution in [3.8, 4) is 0 Å². The summed E-state index contributed by atoms with van der Waals surface area (Å²) in [5, 5.41) is 10.3. The van der Waals surface area contributed by atoms with Crippen molar-refractivity contribution in [1.29, 1.82) is 0 Å². The van der Waals surface area contributed by atoms with Crippen LogP contribution in [0.15, 0.2) is 0 Å². The average molecular weight is 272 g/mol. The van der Waals surface area contributed by atoms with E-state index in [1.54, 1.807) is 0 Å². The molecule has 3 nitrogen and oxygen atoms in total. The summed E-state index contributed by atoms with van der Waals surface area (Å²) in [6.07, 6.45) is 8.47. The Morgan fingerprint density at radius 3 is 2.28 bits per heavy atom. The molecule has 0 saturated heterocycles. The topological polar surface area (TPSA) is 54.4 Å². The van der Waals surface area contributed by atoms with Crippen LogP contribution >= 0.6 is 0 Å². The van der Waals surface area contributed by atoms with E-state index < -0.39 is 9.84 Å². The van der Waals surface area contributed by atoms with Crippen LogP contribution in [0.5, 0.6) is 0 Å². The highest BCUT2D eigenvalue weighted by Crippen LogP contribution is 2.60. The van der Waals surface area contributed by atoms with E-state index in [0.717, 1.165) is 31.1 Å². The highest BCUT2D eigenvalue weighted by atomic mass is 32.2. The summed E-state index contributed by atoms with van der Waals surface area (Å²) in [7, 11) is -2.93. The van der Waals surface area contributed by atoms with Gasteiger partial charge in [0.15, 0.2) is 0 Å². The fourth-order valence-corrected chi connectivity index (χ4v) is 5.77. The molecule has 0 aromatic rings. The second kappa shape index (κ2) is 4.48. The highest BCUT2D eigenvalue weighted by Gasteiger charge is 2.57. The zero-order chi connectivity index (χ0) is 12.9. The van der Waals surface area contributed by atoms with E-state index >= 15 is 0 Å². The number of sulfone groups is 1. The van der Waals surface area contributed by atoms with Crippen molar-refractivity contribution in [3.63, 3.8) is 0 Å². The summed E-state index contributed by atoms with van der Waals surface area (Å²) < 4.78 is 23.3. The van der Waals surface area contributed by atoms with Crippen LogP contribution in [0.1, 0.15) is 44.9 Å². The second-order valence-corrected chi connectivity index (χ2v) is 9.03. The lowest BCUT2D eigenvalue weighted by molar-refractivity contribution is 0.0555. The number of rotatable bonds is 3. The summed E-state index contributed by atoms with van der Waals surface area (Å²) >= 11 is 0. The smallest absolute Gasteiger partial charge is 0.150 e. The maximum atomic E-state index is 11.7. The zero-order valence-corrected chi connectivity index (χ0v) is 11.9. The van der Waals surface area contributed by atoms with Gasteiger partial charge in [-0.15, -0.1) is 0 Å². The molecule has 18 heavy (non-hydrogen) atoms. The lowest BCUT2D eigenvalue weighted by Crippen LogP contribution is -2.34. The van der Waals surface area contributed by atoms with Crippen molar-refractivity contribution in [2.75, 3.05) is 6.26 Å². The maximum Gasteiger partial charge on any atom is 0.150 e.